The maximum absolute atomic E-state index is 2.32. The van der Waals surface area contributed by atoms with Gasteiger partial charge in [0.15, 0.2) is 0 Å². The molecule has 0 aliphatic carbocycles. The quantitative estimate of drug-likeness (QED) is 0.582. The van der Waals surface area contributed by atoms with Crippen LogP contribution in [0.1, 0.15) is 6.92 Å². The number of thioether (sulfide) groups is 1. The van der Waals surface area contributed by atoms with Crippen LogP contribution in [0.2, 0.25) is 0 Å². The second-order valence-corrected chi connectivity index (χ2v) is 4.47. The Bertz CT molecular complexity index is 193. The van der Waals surface area contributed by atoms with E-state index < -0.39 is 0 Å². The molecule has 0 aromatic heterocycles. The molecular weight excluding hydrogens is 255 g/mol. The van der Waals surface area contributed by atoms with Gasteiger partial charge >= 0.3 is 0 Å². The lowest BCUT2D eigenvalue weighted by Gasteiger charge is -1.96. The van der Waals surface area contributed by atoms with E-state index in [1.54, 1.807) is 0 Å². The van der Waals surface area contributed by atoms with Gasteiger partial charge in [0, 0.05) is 8.47 Å². The predicted molar refractivity (Wildman–Crippen MR) is 55.6 cm³/mol. The maximum Gasteiger partial charge on any atom is 0.0131 e. The van der Waals surface area contributed by atoms with Crippen molar-refractivity contribution in [3.63, 3.8) is 0 Å². The summed E-state index contributed by atoms with van der Waals surface area (Å²) in [4.78, 5) is 1.36. The summed E-state index contributed by atoms with van der Waals surface area (Å²) < 4.78 is 1.30. The molecule has 0 saturated heterocycles. The lowest BCUT2D eigenvalue weighted by molar-refractivity contribution is 1.41. The minimum Gasteiger partial charge on any atom is -0.126 e. The van der Waals surface area contributed by atoms with Gasteiger partial charge in [0.25, 0.3) is 0 Å². The van der Waals surface area contributed by atoms with Crippen molar-refractivity contribution in [1.82, 2.24) is 0 Å². The molecule has 0 N–H and O–H groups in total. The van der Waals surface area contributed by atoms with Crippen LogP contribution in [0, 0.1) is 3.57 Å². The molecule has 2 heteroatoms. The largest absolute Gasteiger partial charge is 0.126 e. The highest BCUT2D eigenvalue weighted by atomic mass is 127. The molecule has 0 aliphatic rings. The van der Waals surface area contributed by atoms with Gasteiger partial charge in [0.05, 0.1) is 0 Å². The molecule has 0 amide bonds. The van der Waals surface area contributed by atoms with E-state index in [9.17, 15) is 0 Å². The fourth-order valence-electron chi connectivity index (χ4n) is 0.697. The monoisotopic (exact) mass is 264 g/mol. The third-order valence-electron chi connectivity index (χ3n) is 1.12. The molecule has 1 aromatic rings. The highest BCUT2D eigenvalue weighted by Gasteiger charge is 1.89. The Balaban J connectivity index is 2.69. The Kier molecular flexibility index (Phi) is 3.56. The van der Waals surface area contributed by atoms with Gasteiger partial charge in [-0.1, -0.05) is 6.92 Å². The Labute approximate surface area is 79.5 Å². The zero-order chi connectivity index (χ0) is 7.40. The van der Waals surface area contributed by atoms with Crippen LogP contribution < -0.4 is 0 Å². The van der Waals surface area contributed by atoms with E-state index in [4.69, 9.17) is 0 Å². The lowest BCUT2D eigenvalue weighted by Crippen LogP contribution is -1.72. The molecule has 0 unspecified atom stereocenters. The molecule has 0 atom stereocenters. The standard InChI is InChI=1S/C8H9IS/c1-2-10-8-5-3-7(9)4-6-8/h3-6H,2H2,1H3. The first-order valence-corrected chi connectivity index (χ1v) is 5.27. The first-order valence-electron chi connectivity index (χ1n) is 3.21. The average Bonchev–Trinajstić information content (AvgIpc) is 1.95. The average molecular weight is 264 g/mol. The lowest BCUT2D eigenvalue weighted by atomic mass is 10.4. The van der Waals surface area contributed by atoms with Crippen LogP contribution in [0.3, 0.4) is 0 Å². The van der Waals surface area contributed by atoms with Gasteiger partial charge in [-0.05, 0) is 52.6 Å². The number of halogens is 1. The van der Waals surface area contributed by atoms with Crippen molar-refractivity contribution in [2.75, 3.05) is 5.75 Å². The molecule has 54 valence electrons. The first kappa shape index (κ1) is 8.40. The van der Waals surface area contributed by atoms with Gasteiger partial charge in [0.1, 0.15) is 0 Å². The van der Waals surface area contributed by atoms with Crippen molar-refractivity contribution in [2.24, 2.45) is 0 Å². The van der Waals surface area contributed by atoms with Crippen LogP contribution in [0.5, 0.6) is 0 Å². The van der Waals surface area contributed by atoms with Crippen molar-refractivity contribution in [1.29, 1.82) is 0 Å². The molecule has 0 aliphatic heterocycles. The highest BCUT2D eigenvalue weighted by molar-refractivity contribution is 14.1. The summed E-state index contributed by atoms with van der Waals surface area (Å²) in [6.45, 7) is 2.17. The third-order valence-corrected chi connectivity index (χ3v) is 2.74. The topological polar surface area (TPSA) is 0 Å². The van der Waals surface area contributed by atoms with E-state index in [0.717, 1.165) is 5.75 Å². The summed E-state index contributed by atoms with van der Waals surface area (Å²) in [7, 11) is 0. The molecule has 0 nitrogen and oxygen atoms in total. The fraction of sp³-hybridized carbons (Fsp3) is 0.250. The summed E-state index contributed by atoms with van der Waals surface area (Å²) in [6, 6.07) is 8.60. The van der Waals surface area contributed by atoms with E-state index in [2.05, 4.69) is 53.8 Å². The molecule has 0 fully saturated rings. The molecule has 0 saturated carbocycles. The van der Waals surface area contributed by atoms with Crippen LogP contribution in [-0.4, -0.2) is 5.75 Å². The van der Waals surface area contributed by atoms with Crippen molar-refractivity contribution < 1.29 is 0 Å². The summed E-state index contributed by atoms with van der Waals surface area (Å²) in [5, 5.41) is 0. The van der Waals surface area contributed by atoms with Crippen molar-refractivity contribution in [3.8, 4) is 0 Å². The molecule has 10 heavy (non-hydrogen) atoms. The zero-order valence-electron chi connectivity index (χ0n) is 5.80. The summed E-state index contributed by atoms with van der Waals surface area (Å²) in [6.07, 6.45) is 0. The fourth-order valence-corrected chi connectivity index (χ4v) is 1.72. The van der Waals surface area contributed by atoms with Crippen molar-refractivity contribution in [2.45, 2.75) is 11.8 Å². The number of rotatable bonds is 2. The van der Waals surface area contributed by atoms with Crippen molar-refractivity contribution in [3.05, 3.63) is 27.8 Å². The second kappa shape index (κ2) is 4.23. The Morgan fingerprint density at radius 1 is 1.30 bits per heavy atom. The molecule has 0 spiro atoms. The van der Waals surface area contributed by atoms with Gasteiger partial charge in [-0.2, -0.15) is 0 Å². The van der Waals surface area contributed by atoms with Crippen LogP contribution in [-0.2, 0) is 0 Å². The van der Waals surface area contributed by atoms with E-state index in [1.807, 2.05) is 11.8 Å². The van der Waals surface area contributed by atoms with Crippen LogP contribution in [0.15, 0.2) is 29.2 Å². The summed E-state index contributed by atoms with van der Waals surface area (Å²) >= 11 is 4.20. The van der Waals surface area contributed by atoms with Gasteiger partial charge in [-0.15, -0.1) is 11.8 Å². The smallest absolute Gasteiger partial charge is 0.0131 e. The second-order valence-electron chi connectivity index (χ2n) is 1.89. The number of benzene rings is 1. The predicted octanol–water partition coefficient (Wildman–Crippen LogP) is 3.40. The minimum absolute atomic E-state index is 1.15. The number of hydrogen-bond acceptors (Lipinski definition) is 1. The Hall–Kier alpha value is 0.300. The normalized spacial score (nSPS) is 9.80. The Morgan fingerprint density at radius 2 is 1.90 bits per heavy atom. The van der Waals surface area contributed by atoms with Crippen molar-refractivity contribution >= 4 is 34.4 Å². The van der Waals surface area contributed by atoms with E-state index >= 15 is 0 Å². The highest BCUT2D eigenvalue weighted by Crippen LogP contribution is 2.17. The van der Waals surface area contributed by atoms with Crippen LogP contribution in [0.25, 0.3) is 0 Å². The van der Waals surface area contributed by atoms with Crippen LogP contribution >= 0.6 is 34.4 Å². The van der Waals surface area contributed by atoms with E-state index in [0.29, 0.717) is 0 Å². The SMILES string of the molecule is CCSc1ccc(I)cc1. The summed E-state index contributed by atoms with van der Waals surface area (Å²) in [5.41, 5.74) is 0. The van der Waals surface area contributed by atoms with Gasteiger partial charge in [-0.25, -0.2) is 0 Å². The molecule has 0 heterocycles. The molecule has 1 rings (SSSR count). The first-order chi connectivity index (χ1) is 4.83. The van der Waals surface area contributed by atoms with Gasteiger partial charge < -0.3 is 0 Å². The molecular formula is C8H9IS. The molecule has 1 aromatic carbocycles. The summed E-state index contributed by atoms with van der Waals surface area (Å²) in [5.74, 6) is 1.15. The molecule has 0 bridgehead atoms. The number of hydrogen-bond donors (Lipinski definition) is 0. The minimum atomic E-state index is 1.15. The Morgan fingerprint density at radius 3 is 2.40 bits per heavy atom. The zero-order valence-corrected chi connectivity index (χ0v) is 8.78. The van der Waals surface area contributed by atoms with Gasteiger partial charge in [-0.3, -0.25) is 0 Å². The third kappa shape index (κ3) is 2.50. The van der Waals surface area contributed by atoms with E-state index in [1.165, 1.54) is 8.47 Å². The van der Waals surface area contributed by atoms with Gasteiger partial charge in [0.2, 0.25) is 0 Å². The maximum atomic E-state index is 2.32. The van der Waals surface area contributed by atoms with Crippen LogP contribution in [0.4, 0.5) is 0 Å². The van der Waals surface area contributed by atoms with E-state index in [-0.39, 0.29) is 0 Å². The molecule has 0 radical (unpaired) electrons.